The molecule has 0 amide bonds. The molecule has 0 aliphatic heterocycles. The van der Waals surface area contributed by atoms with Crippen molar-refractivity contribution in [2.75, 3.05) is 13.1 Å². The van der Waals surface area contributed by atoms with Crippen molar-refractivity contribution in [3.8, 4) is 0 Å². The zero-order chi connectivity index (χ0) is 22.4. The Morgan fingerprint density at radius 3 is 2.42 bits per heavy atom. The number of aromatic nitrogens is 1. The molecule has 1 heterocycles. The van der Waals surface area contributed by atoms with Crippen LogP contribution in [0.25, 0.3) is 10.9 Å². The van der Waals surface area contributed by atoms with Gasteiger partial charge in [0.2, 0.25) is 0 Å². The molecule has 0 radical (unpaired) electrons. The summed E-state index contributed by atoms with van der Waals surface area (Å²) in [5, 5.41) is 16.9. The molecular weight excluding hydrogens is 407 g/mol. The van der Waals surface area contributed by atoms with Crippen molar-refractivity contribution in [1.29, 1.82) is 0 Å². The van der Waals surface area contributed by atoms with Crippen LogP contribution in [0.2, 0.25) is 0 Å². The van der Waals surface area contributed by atoms with Gasteiger partial charge in [-0.3, -0.25) is 4.79 Å². The van der Waals surface area contributed by atoms with E-state index in [0.29, 0.717) is 19.5 Å². The lowest BCUT2D eigenvalue weighted by atomic mass is 10.0. The van der Waals surface area contributed by atoms with Crippen LogP contribution in [0, 0.1) is 0 Å². The lowest BCUT2D eigenvalue weighted by Crippen LogP contribution is -2.38. The minimum Gasteiger partial charge on any atom is -0.481 e. The molecular formula is C23H26F3N3O2. The number of aliphatic carboxylic acids is 1. The standard InChI is InChI=1S/C23H26F3N3O2/c1-15(16-6-8-18(9-7-16)23(24,25)26)27-10-11-28-19(13-22(30)31)12-17-14-29-21-5-3-2-4-20(17)21/h2-9,14-15,19,27-29H,10-13H2,1H3,(H,30,31)/t15?,19-/m1/s1. The average molecular weight is 433 g/mol. The number of carboxylic acid groups (broad SMARTS) is 1. The lowest BCUT2D eigenvalue weighted by Gasteiger charge is -2.19. The highest BCUT2D eigenvalue weighted by atomic mass is 19.4. The Kier molecular flexibility index (Phi) is 7.35. The van der Waals surface area contributed by atoms with E-state index in [4.69, 9.17) is 0 Å². The predicted molar refractivity (Wildman–Crippen MR) is 114 cm³/mol. The summed E-state index contributed by atoms with van der Waals surface area (Å²) in [6, 6.07) is 12.6. The maximum Gasteiger partial charge on any atom is 0.416 e. The molecule has 0 aliphatic carbocycles. The normalized spacial score (nSPS) is 13.9. The number of fused-ring (bicyclic) bond motifs is 1. The van der Waals surface area contributed by atoms with E-state index in [1.807, 2.05) is 37.4 Å². The van der Waals surface area contributed by atoms with Crippen molar-refractivity contribution < 1.29 is 23.1 Å². The van der Waals surface area contributed by atoms with Crippen LogP contribution in [-0.4, -0.2) is 35.2 Å². The zero-order valence-electron chi connectivity index (χ0n) is 17.2. The molecule has 0 saturated carbocycles. The Bertz CT molecular complexity index is 999. The summed E-state index contributed by atoms with van der Waals surface area (Å²) in [5.74, 6) is -0.872. The molecule has 3 rings (SSSR count). The Morgan fingerprint density at radius 1 is 1.06 bits per heavy atom. The fourth-order valence-corrected chi connectivity index (χ4v) is 3.64. The van der Waals surface area contributed by atoms with Crippen LogP contribution < -0.4 is 10.6 Å². The van der Waals surface area contributed by atoms with Gasteiger partial charge in [-0.25, -0.2) is 0 Å². The van der Waals surface area contributed by atoms with Gasteiger partial charge in [-0.05, 0) is 42.7 Å². The third-order valence-corrected chi connectivity index (χ3v) is 5.31. The van der Waals surface area contributed by atoms with Crippen LogP contribution >= 0.6 is 0 Å². The first-order valence-electron chi connectivity index (χ1n) is 10.1. The van der Waals surface area contributed by atoms with Crippen molar-refractivity contribution in [3.63, 3.8) is 0 Å². The van der Waals surface area contributed by atoms with E-state index in [1.54, 1.807) is 0 Å². The number of carboxylic acids is 1. The summed E-state index contributed by atoms with van der Waals surface area (Å²) >= 11 is 0. The number of rotatable bonds is 10. The van der Waals surface area contributed by atoms with Gasteiger partial charge in [0.05, 0.1) is 12.0 Å². The van der Waals surface area contributed by atoms with Crippen molar-refractivity contribution in [3.05, 3.63) is 71.4 Å². The SMILES string of the molecule is CC(NCCN[C@@H](CC(=O)O)Cc1c[nH]c2ccccc12)c1ccc(C(F)(F)F)cc1. The minimum absolute atomic E-state index is 0.00599. The number of alkyl halides is 3. The number of carbonyl (C=O) groups is 1. The quantitative estimate of drug-likeness (QED) is 0.355. The van der Waals surface area contributed by atoms with Gasteiger partial charge < -0.3 is 20.7 Å². The molecule has 2 aromatic carbocycles. The molecule has 2 atom stereocenters. The maximum atomic E-state index is 12.7. The van der Waals surface area contributed by atoms with E-state index < -0.39 is 17.7 Å². The van der Waals surface area contributed by atoms with Crippen molar-refractivity contribution in [1.82, 2.24) is 15.6 Å². The fraction of sp³-hybridized carbons (Fsp3) is 0.348. The molecule has 8 heteroatoms. The third kappa shape index (κ3) is 6.32. The highest BCUT2D eigenvalue weighted by molar-refractivity contribution is 5.83. The smallest absolute Gasteiger partial charge is 0.416 e. The number of halogens is 3. The topological polar surface area (TPSA) is 77.2 Å². The van der Waals surface area contributed by atoms with Gasteiger partial charge in [-0.1, -0.05) is 30.3 Å². The second-order valence-corrected chi connectivity index (χ2v) is 7.61. The monoisotopic (exact) mass is 433 g/mol. The van der Waals surface area contributed by atoms with Gasteiger partial charge in [0.1, 0.15) is 0 Å². The molecule has 0 aliphatic rings. The third-order valence-electron chi connectivity index (χ3n) is 5.31. The van der Waals surface area contributed by atoms with E-state index in [-0.39, 0.29) is 18.5 Å². The summed E-state index contributed by atoms with van der Waals surface area (Å²) < 4.78 is 38.1. The molecule has 5 nitrogen and oxygen atoms in total. The first-order valence-corrected chi connectivity index (χ1v) is 10.1. The number of para-hydroxylation sites is 1. The number of hydrogen-bond acceptors (Lipinski definition) is 3. The Hall–Kier alpha value is -2.84. The number of aromatic amines is 1. The van der Waals surface area contributed by atoms with Gasteiger partial charge >= 0.3 is 12.1 Å². The van der Waals surface area contributed by atoms with E-state index in [9.17, 15) is 23.1 Å². The second-order valence-electron chi connectivity index (χ2n) is 7.61. The number of hydrogen-bond donors (Lipinski definition) is 4. The highest BCUT2D eigenvalue weighted by Crippen LogP contribution is 2.29. The largest absolute Gasteiger partial charge is 0.481 e. The van der Waals surface area contributed by atoms with Gasteiger partial charge in [-0.2, -0.15) is 13.2 Å². The predicted octanol–water partition coefficient (Wildman–Crippen LogP) is 4.51. The second kappa shape index (κ2) is 9.98. The van der Waals surface area contributed by atoms with Gasteiger partial charge in [0, 0.05) is 42.3 Å². The zero-order valence-corrected chi connectivity index (χ0v) is 17.2. The molecule has 0 fully saturated rings. The van der Waals surface area contributed by atoms with E-state index in [2.05, 4.69) is 15.6 Å². The van der Waals surface area contributed by atoms with Crippen LogP contribution in [0.3, 0.4) is 0 Å². The molecule has 3 aromatic rings. The van der Waals surface area contributed by atoms with Gasteiger partial charge in [0.25, 0.3) is 0 Å². The van der Waals surface area contributed by atoms with E-state index in [0.717, 1.165) is 34.2 Å². The van der Waals surface area contributed by atoms with E-state index >= 15 is 0 Å². The highest BCUT2D eigenvalue weighted by Gasteiger charge is 2.30. The maximum absolute atomic E-state index is 12.7. The Morgan fingerprint density at radius 2 is 1.74 bits per heavy atom. The van der Waals surface area contributed by atoms with Gasteiger partial charge in [0.15, 0.2) is 0 Å². The minimum atomic E-state index is -4.34. The Balaban J connectivity index is 1.52. The molecule has 31 heavy (non-hydrogen) atoms. The summed E-state index contributed by atoms with van der Waals surface area (Å²) in [5.41, 5.74) is 2.16. The van der Waals surface area contributed by atoms with Crippen molar-refractivity contribution in [2.24, 2.45) is 0 Å². The summed E-state index contributed by atoms with van der Waals surface area (Å²) in [6.45, 7) is 2.96. The first-order chi connectivity index (χ1) is 14.7. The summed E-state index contributed by atoms with van der Waals surface area (Å²) in [7, 11) is 0. The lowest BCUT2D eigenvalue weighted by molar-refractivity contribution is -0.138. The Labute approximate surface area is 178 Å². The molecule has 4 N–H and O–H groups in total. The van der Waals surface area contributed by atoms with Gasteiger partial charge in [-0.15, -0.1) is 0 Å². The van der Waals surface area contributed by atoms with Crippen molar-refractivity contribution >= 4 is 16.9 Å². The van der Waals surface area contributed by atoms with Crippen LogP contribution in [0.4, 0.5) is 13.2 Å². The van der Waals surface area contributed by atoms with Crippen LogP contribution in [-0.2, 0) is 17.4 Å². The first kappa shape index (κ1) is 22.8. The molecule has 1 unspecified atom stereocenters. The molecule has 166 valence electrons. The summed E-state index contributed by atoms with van der Waals surface area (Å²) in [6.07, 6.45) is -1.87. The molecule has 0 saturated heterocycles. The number of H-pyrrole nitrogens is 1. The van der Waals surface area contributed by atoms with Crippen LogP contribution in [0.5, 0.6) is 0 Å². The summed E-state index contributed by atoms with van der Waals surface area (Å²) in [4.78, 5) is 14.5. The molecule has 1 aromatic heterocycles. The molecule has 0 spiro atoms. The average Bonchev–Trinajstić information content (AvgIpc) is 3.13. The van der Waals surface area contributed by atoms with Crippen molar-refractivity contribution in [2.45, 2.75) is 38.0 Å². The molecule has 0 bridgehead atoms. The fourth-order valence-electron chi connectivity index (χ4n) is 3.64. The van der Waals surface area contributed by atoms with Crippen LogP contribution in [0.1, 0.15) is 36.1 Å². The number of benzene rings is 2. The number of nitrogens with one attached hydrogen (secondary N) is 3. The van der Waals surface area contributed by atoms with Crippen LogP contribution in [0.15, 0.2) is 54.7 Å². The van der Waals surface area contributed by atoms with E-state index in [1.165, 1.54) is 12.1 Å².